The summed E-state index contributed by atoms with van der Waals surface area (Å²) in [7, 11) is 0. The number of nitrogens with zero attached hydrogens (tertiary/aromatic N) is 1. The van der Waals surface area contributed by atoms with Gasteiger partial charge in [0.25, 0.3) is 0 Å². The molecule has 1 fully saturated rings. The molecule has 4 heteroatoms. The summed E-state index contributed by atoms with van der Waals surface area (Å²) in [5.41, 5.74) is 1.08. The number of hydrogen-bond donors (Lipinski definition) is 1. The van der Waals surface area contributed by atoms with Gasteiger partial charge in [-0.3, -0.25) is 9.69 Å². The van der Waals surface area contributed by atoms with Crippen LogP contribution in [0.15, 0.2) is 36.9 Å². The first-order valence-corrected chi connectivity index (χ1v) is 6.50. The summed E-state index contributed by atoms with van der Waals surface area (Å²) in [5, 5.41) is 9.15. The van der Waals surface area contributed by atoms with Crippen molar-refractivity contribution in [2.24, 2.45) is 0 Å². The van der Waals surface area contributed by atoms with Crippen LogP contribution in [0.3, 0.4) is 0 Å². The maximum Gasteiger partial charge on any atom is 0.320 e. The molecular formula is C15H19NO3. The van der Waals surface area contributed by atoms with Crippen LogP contribution in [-0.4, -0.2) is 35.2 Å². The number of rotatable bonds is 6. The fourth-order valence-electron chi connectivity index (χ4n) is 2.42. The van der Waals surface area contributed by atoms with E-state index in [9.17, 15) is 4.79 Å². The lowest BCUT2D eigenvalue weighted by Gasteiger charge is -2.21. The number of carbonyl (C=O) groups is 1. The van der Waals surface area contributed by atoms with Gasteiger partial charge in [0, 0.05) is 6.54 Å². The van der Waals surface area contributed by atoms with E-state index in [0.717, 1.165) is 30.7 Å². The molecule has 1 atom stereocenters. The average Bonchev–Trinajstić information content (AvgIpc) is 2.85. The molecule has 1 aliphatic rings. The number of aliphatic carboxylic acids is 1. The zero-order valence-corrected chi connectivity index (χ0v) is 10.9. The maximum absolute atomic E-state index is 11.1. The van der Waals surface area contributed by atoms with Crippen molar-refractivity contribution in [1.29, 1.82) is 0 Å². The highest BCUT2D eigenvalue weighted by Crippen LogP contribution is 2.22. The topological polar surface area (TPSA) is 49.8 Å². The minimum absolute atomic E-state index is 0.349. The van der Waals surface area contributed by atoms with Crippen LogP contribution in [0, 0.1) is 0 Å². The minimum atomic E-state index is -0.725. The van der Waals surface area contributed by atoms with Gasteiger partial charge in [-0.1, -0.05) is 24.8 Å². The minimum Gasteiger partial charge on any atom is -0.490 e. The predicted molar refractivity (Wildman–Crippen MR) is 73.2 cm³/mol. The molecule has 0 radical (unpaired) electrons. The second-order valence-electron chi connectivity index (χ2n) is 4.71. The molecule has 0 aromatic heterocycles. The summed E-state index contributed by atoms with van der Waals surface area (Å²) >= 11 is 0. The van der Waals surface area contributed by atoms with Crippen LogP contribution in [0.5, 0.6) is 5.75 Å². The summed E-state index contributed by atoms with van der Waals surface area (Å²) in [6.07, 6.45) is 3.39. The fraction of sp³-hybridized carbons (Fsp3) is 0.400. The number of benzene rings is 1. The molecule has 0 spiro atoms. The molecule has 1 aromatic carbocycles. The fourth-order valence-corrected chi connectivity index (χ4v) is 2.42. The SMILES string of the molecule is C=CCOc1cccc(CN2CCC[C@@H]2C(=O)O)c1. The van der Waals surface area contributed by atoms with Gasteiger partial charge < -0.3 is 9.84 Å². The normalized spacial score (nSPS) is 19.3. The molecule has 2 rings (SSSR count). The van der Waals surface area contributed by atoms with Crippen LogP contribution < -0.4 is 4.74 Å². The van der Waals surface area contributed by atoms with Crippen molar-refractivity contribution in [1.82, 2.24) is 4.90 Å². The number of carboxylic acid groups (broad SMARTS) is 1. The summed E-state index contributed by atoms with van der Waals surface area (Å²) in [4.78, 5) is 13.1. The van der Waals surface area contributed by atoms with E-state index in [4.69, 9.17) is 9.84 Å². The molecule has 1 saturated heterocycles. The van der Waals surface area contributed by atoms with Crippen molar-refractivity contribution in [3.05, 3.63) is 42.5 Å². The Balaban J connectivity index is 2.02. The molecule has 1 aliphatic heterocycles. The van der Waals surface area contributed by atoms with Gasteiger partial charge in [-0.05, 0) is 37.1 Å². The van der Waals surface area contributed by atoms with Crippen LogP contribution in [0.2, 0.25) is 0 Å². The smallest absolute Gasteiger partial charge is 0.320 e. The molecule has 1 aromatic rings. The lowest BCUT2D eigenvalue weighted by atomic mass is 10.1. The second-order valence-corrected chi connectivity index (χ2v) is 4.71. The summed E-state index contributed by atoms with van der Waals surface area (Å²) in [5.74, 6) is 0.0695. The van der Waals surface area contributed by atoms with Crippen molar-refractivity contribution in [2.45, 2.75) is 25.4 Å². The lowest BCUT2D eigenvalue weighted by molar-refractivity contribution is -0.142. The molecule has 0 saturated carbocycles. The van der Waals surface area contributed by atoms with Gasteiger partial charge in [-0.15, -0.1) is 0 Å². The first kappa shape index (κ1) is 13.6. The maximum atomic E-state index is 11.1. The molecule has 0 aliphatic carbocycles. The third-order valence-electron chi connectivity index (χ3n) is 3.30. The average molecular weight is 261 g/mol. The van der Waals surface area contributed by atoms with Gasteiger partial charge in [0.15, 0.2) is 0 Å². The van der Waals surface area contributed by atoms with Crippen LogP contribution in [0.1, 0.15) is 18.4 Å². The van der Waals surface area contributed by atoms with Crippen molar-refractivity contribution in [3.63, 3.8) is 0 Å². The first-order valence-electron chi connectivity index (χ1n) is 6.50. The Morgan fingerprint density at radius 2 is 2.42 bits per heavy atom. The highest BCUT2D eigenvalue weighted by molar-refractivity contribution is 5.73. The van der Waals surface area contributed by atoms with E-state index < -0.39 is 5.97 Å². The van der Waals surface area contributed by atoms with Crippen LogP contribution >= 0.6 is 0 Å². The summed E-state index contributed by atoms with van der Waals surface area (Å²) in [6.45, 7) is 5.59. The molecule has 0 bridgehead atoms. The standard InChI is InChI=1S/C15H19NO3/c1-2-9-19-13-6-3-5-12(10-13)11-16-8-4-7-14(16)15(17)18/h2-3,5-6,10,14H,1,4,7-9,11H2,(H,17,18)/t14-/m1/s1. The van der Waals surface area contributed by atoms with E-state index in [1.54, 1.807) is 6.08 Å². The van der Waals surface area contributed by atoms with Crippen molar-refractivity contribution in [2.75, 3.05) is 13.2 Å². The van der Waals surface area contributed by atoms with Crippen LogP contribution in [-0.2, 0) is 11.3 Å². The molecule has 0 amide bonds. The van der Waals surface area contributed by atoms with Gasteiger partial charge >= 0.3 is 5.97 Å². The molecular weight excluding hydrogens is 242 g/mol. The largest absolute Gasteiger partial charge is 0.490 e. The Labute approximate surface area is 113 Å². The van der Waals surface area contributed by atoms with Gasteiger partial charge in [0.2, 0.25) is 0 Å². The quantitative estimate of drug-likeness (QED) is 0.798. The molecule has 0 unspecified atom stereocenters. The molecule has 1 heterocycles. The van der Waals surface area contributed by atoms with Crippen molar-refractivity contribution < 1.29 is 14.6 Å². The van der Waals surface area contributed by atoms with E-state index in [2.05, 4.69) is 6.58 Å². The molecule has 4 nitrogen and oxygen atoms in total. The van der Waals surface area contributed by atoms with Gasteiger partial charge in [0.1, 0.15) is 18.4 Å². The van der Waals surface area contributed by atoms with E-state index in [1.165, 1.54) is 0 Å². The number of hydrogen-bond acceptors (Lipinski definition) is 3. The highest BCUT2D eigenvalue weighted by Gasteiger charge is 2.30. The van der Waals surface area contributed by atoms with Gasteiger partial charge in [-0.25, -0.2) is 0 Å². The van der Waals surface area contributed by atoms with E-state index in [-0.39, 0.29) is 6.04 Å². The first-order chi connectivity index (χ1) is 9.20. The van der Waals surface area contributed by atoms with E-state index in [0.29, 0.717) is 13.2 Å². The Morgan fingerprint density at radius 3 is 3.16 bits per heavy atom. The van der Waals surface area contributed by atoms with Crippen molar-refractivity contribution in [3.8, 4) is 5.75 Å². The Morgan fingerprint density at radius 1 is 1.58 bits per heavy atom. The van der Waals surface area contributed by atoms with E-state index >= 15 is 0 Å². The van der Waals surface area contributed by atoms with Gasteiger partial charge in [0.05, 0.1) is 0 Å². The summed E-state index contributed by atoms with van der Waals surface area (Å²) < 4.78 is 5.48. The van der Waals surface area contributed by atoms with Gasteiger partial charge in [-0.2, -0.15) is 0 Å². The number of likely N-dealkylation sites (tertiary alicyclic amines) is 1. The Kier molecular flexibility index (Phi) is 4.58. The molecule has 1 N–H and O–H groups in total. The Hall–Kier alpha value is -1.81. The Bertz CT molecular complexity index is 458. The monoisotopic (exact) mass is 261 g/mol. The van der Waals surface area contributed by atoms with Crippen LogP contribution in [0.4, 0.5) is 0 Å². The lowest BCUT2D eigenvalue weighted by Crippen LogP contribution is -2.35. The second kappa shape index (κ2) is 6.38. The third-order valence-corrected chi connectivity index (χ3v) is 3.30. The number of carboxylic acids is 1. The third kappa shape index (κ3) is 3.58. The summed E-state index contributed by atoms with van der Waals surface area (Å²) in [6, 6.07) is 7.43. The van der Waals surface area contributed by atoms with Crippen molar-refractivity contribution >= 4 is 5.97 Å². The predicted octanol–water partition coefficient (Wildman–Crippen LogP) is 2.30. The zero-order valence-electron chi connectivity index (χ0n) is 10.9. The molecule has 102 valence electrons. The number of ether oxygens (including phenoxy) is 1. The zero-order chi connectivity index (χ0) is 13.7. The van der Waals surface area contributed by atoms with E-state index in [1.807, 2.05) is 29.2 Å². The molecule has 19 heavy (non-hydrogen) atoms. The highest BCUT2D eigenvalue weighted by atomic mass is 16.5. The van der Waals surface area contributed by atoms with Crippen LogP contribution in [0.25, 0.3) is 0 Å².